The molecule has 0 saturated heterocycles. The van der Waals surface area contributed by atoms with Crippen LogP contribution in [-0.2, 0) is 14.0 Å². The Balaban J connectivity index is 3.95. The molecule has 0 aliphatic carbocycles. The molecular weight excluding hydrogens is 196 g/mol. The minimum absolute atomic E-state index is 0.181. The van der Waals surface area contributed by atoms with Crippen molar-refractivity contribution < 1.29 is 14.0 Å². The molecule has 0 fully saturated rings. The molecule has 0 rings (SSSR count). The third-order valence-corrected chi connectivity index (χ3v) is 7.20. The quantitative estimate of drug-likeness (QED) is 0.404. The van der Waals surface area contributed by atoms with E-state index in [0.29, 0.717) is 0 Å². The molecule has 0 aromatic heterocycles. The van der Waals surface area contributed by atoms with Gasteiger partial charge in [0.1, 0.15) is 19.2 Å². The molecule has 84 valence electrons. The number of carbonyl (C=O) groups excluding carboxylic acids is 1. The van der Waals surface area contributed by atoms with E-state index in [9.17, 15) is 4.79 Å². The van der Waals surface area contributed by atoms with Gasteiger partial charge in [-0.3, -0.25) is 0 Å². The van der Waals surface area contributed by atoms with E-state index in [0.717, 1.165) is 6.29 Å². The van der Waals surface area contributed by atoms with Gasteiger partial charge in [-0.15, -0.1) is 0 Å². The summed E-state index contributed by atoms with van der Waals surface area (Å²) in [5.74, 6) is 0. The van der Waals surface area contributed by atoms with E-state index >= 15 is 0 Å². The molecule has 14 heavy (non-hydrogen) atoms. The monoisotopic (exact) mass is 218 g/mol. The zero-order chi connectivity index (χ0) is 11.4. The first-order chi connectivity index (χ1) is 6.20. The molecule has 0 aromatic rings. The zero-order valence-electron chi connectivity index (χ0n) is 10.1. The van der Waals surface area contributed by atoms with Crippen LogP contribution in [0.2, 0.25) is 18.1 Å². The fraction of sp³-hybridized carbons (Fsp3) is 0.900. The fourth-order valence-electron chi connectivity index (χ4n) is 0.544. The van der Waals surface area contributed by atoms with E-state index in [4.69, 9.17) is 9.16 Å². The Morgan fingerprint density at radius 3 is 2.21 bits per heavy atom. The van der Waals surface area contributed by atoms with E-state index < -0.39 is 8.32 Å². The Bertz CT molecular complexity index is 184. The average molecular weight is 218 g/mol. The van der Waals surface area contributed by atoms with Crippen molar-refractivity contribution in [2.75, 3.05) is 6.79 Å². The summed E-state index contributed by atoms with van der Waals surface area (Å²) in [5.41, 5.74) is 0. The average Bonchev–Trinajstić information content (AvgIpc) is 2.01. The smallest absolute Gasteiger partial charge is 0.195 e. The summed E-state index contributed by atoms with van der Waals surface area (Å²) in [6.07, 6.45) is 0.398. The molecule has 0 bridgehead atoms. The maximum absolute atomic E-state index is 10.3. The lowest BCUT2D eigenvalue weighted by Gasteiger charge is -2.36. The number of aldehydes is 1. The molecule has 4 heteroatoms. The van der Waals surface area contributed by atoms with Crippen molar-refractivity contribution in [2.45, 2.75) is 51.9 Å². The van der Waals surface area contributed by atoms with Crippen molar-refractivity contribution in [3.05, 3.63) is 0 Å². The highest BCUT2D eigenvalue weighted by molar-refractivity contribution is 6.74. The molecule has 0 saturated carbocycles. The van der Waals surface area contributed by atoms with Crippen molar-refractivity contribution in [3.63, 3.8) is 0 Å². The topological polar surface area (TPSA) is 35.5 Å². The van der Waals surface area contributed by atoms with Gasteiger partial charge in [0.25, 0.3) is 0 Å². The molecule has 0 heterocycles. The summed E-state index contributed by atoms with van der Waals surface area (Å²) in [6.45, 7) is 12.7. The maximum Gasteiger partial charge on any atom is 0.195 e. The van der Waals surface area contributed by atoms with Gasteiger partial charge in [-0.25, -0.2) is 0 Å². The van der Waals surface area contributed by atoms with Gasteiger partial charge < -0.3 is 14.0 Å². The third kappa shape index (κ3) is 4.35. The van der Waals surface area contributed by atoms with Gasteiger partial charge in [-0.05, 0) is 25.1 Å². The molecule has 3 nitrogen and oxygen atoms in total. The summed E-state index contributed by atoms with van der Waals surface area (Å²) >= 11 is 0. The molecule has 0 radical (unpaired) electrons. The predicted octanol–water partition coefficient (Wildman–Crippen LogP) is 2.57. The SMILES string of the molecule is C[C@H](C=O)OCO[Si](C)(C)C(C)(C)C. The molecule has 0 aliphatic rings. The minimum Gasteiger partial charge on any atom is -0.395 e. The molecule has 0 unspecified atom stereocenters. The number of hydrogen-bond acceptors (Lipinski definition) is 3. The highest BCUT2D eigenvalue weighted by Gasteiger charge is 2.37. The van der Waals surface area contributed by atoms with Crippen LogP contribution in [0.25, 0.3) is 0 Å². The maximum atomic E-state index is 10.3. The number of ether oxygens (including phenoxy) is 1. The molecule has 0 amide bonds. The van der Waals surface area contributed by atoms with Gasteiger partial charge in [-0.1, -0.05) is 20.8 Å². The molecule has 0 N–H and O–H groups in total. The van der Waals surface area contributed by atoms with E-state index in [1.165, 1.54) is 0 Å². The second kappa shape index (κ2) is 5.05. The van der Waals surface area contributed by atoms with Gasteiger partial charge in [0.05, 0.1) is 0 Å². The van der Waals surface area contributed by atoms with Gasteiger partial charge in [0.15, 0.2) is 8.32 Å². The number of carbonyl (C=O) groups is 1. The molecule has 0 aromatic carbocycles. The van der Waals surface area contributed by atoms with E-state index in [1.807, 2.05) is 0 Å². The van der Waals surface area contributed by atoms with Crippen molar-refractivity contribution in [3.8, 4) is 0 Å². The van der Waals surface area contributed by atoms with Crippen LogP contribution in [0.15, 0.2) is 0 Å². The Morgan fingerprint density at radius 1 is 1.36 bits per heavy atom. The van der Waals surface area contributed by atoms with Crippen molar-refractivity contribution in [1.29, 1.82) is 0 Å². The Morgan fingerprint density at radius 2 is 1.86 bits per heavy atom. The number of rotatable bonds is 5. The zero-order valence-corrected chi connectivity index (χ0v) is 11.1. The minimum atomic E-state index is -1.73. The summed E-state index contributed by atoms with van der Waals surface area (Å²) in [5, 5.41) is 0.181. The lowest BCUT2D eigenvalue weighted by atomic mass is 10.2. The largest absolute Gasteiger partial charge is 0.395 e. The highest BCUT2D eigenvalue weighted by Crippen LogP contribution is 2.36. The van der Waals surface area contributed by atoms with Gasteiger partial charge >= 0.3 is 0 Å². The molecule has 0 spiro atoms. The molecule has 1 atom stereocenters. The van der Waals surface area contributed by atoms with E-state index in [-0.39, 0.29) is 17.9 Å². The lowest BCUT2D eigenvalue weighted by molar-refractivity contribution is -0.122. The summed E-state index contributed by atoms with van der Waals surface area (Å²) in [6, 6.07) is 0. The van der Waals surface area contributed by atoms with Gasteiger partial charge in [-0.2, -0.15) is 0 Å². The standard InChI is InChI=1S/C10H22O3Si/c1-9(7-11)12-8-13-14(5,6)10(2,3)4/h7,9H,8H2,1-6H3/t9-/m1/s1. The van der Waals surface area contributed by atoms with Crippen molar-refractivity contribution >= 4 is 14.6 Å². The second-order valence-corrected chi connectivity index (χ2v) is 9.84. The lowest BCUT2D eigenvalue weighted by Crippen LogP contribution is -2.41. The molecule has 0 aliphatic heterocycles. The summed E-state index contributed by atoms with van der Waals surface area (Å²) in [4.78, 5) is 10.3. The van der Waals surface area contributed by atoms with E-state index in [1.54, 1.807) is 6.92 Å². The molecular formula is C10H22O3Si. The van der Waals surface area contributed by atoms with E-state index in [2.05, 4.69) is 33.9 Å². The Kier molecular flexibility index (Phi) is 4.98. The van der Waals surface area contributed by atoms with Crippen LogP contribution in [0.4, 0.5) is 0 Å². The van der Waals surface area contributed by atoms with Crippen LogP contribution in [0.5, 0.6) is 0 Å². The van der Waals surface area contributed by atoms with Gasteiger partial charge in [0, 0.05) is 0 Å². The predicted molar refractivity (Wildman–Crippen MR) is 59.8 cm³/mol. The first-order valence-corrected chi connectivity index (χ1v) is 7.82. The Labute approximate surface area is 87.9 Å². The van der Waals surface area contributed by atoms with Crippen LogP contribution in [0.1, 0.15) is 27.7 Å². The van der Waals surface area contributed by atoms with Crippen LogP contribution in [-0.4, -0.2) is 27.5 Å². The summed E-state index contributed by atoms with van der Waals surface area (Å²) < 4.78 is 10.9. The number of hydrogen-bond donors (Lipinski definition) is 0. The van der Waals surface area contributed by atoms with Crippen LogP contribution < -0.4 is 0 Å². The van der Waals surface area contributed by atoms with Crippen LogP contribution >= 0.6 is 0 Å². The van der Waals surface area contributed by atoms with Crippen LogP contribution in [0.3, 0.4) is 0 Å². The second-order valence-electron chi connectivity index (χ2n) is 5.03. The fourth-order valence-corrected chi connectivity index (χ4v) is 1.34. The highest BCUT2D eigenvalue weighted by atomic mass is 28.4. The van der Waals surface area contributed by atoms with Crippen molar-refractivity contribution in [1.82, 2.24) is 0 Å². The first kappa shape index (κ1) is 13.8. The first-order valence-electron chi connectivity index (χ1n) is 4.91. The van der Waals surface area contributed by atoms with Gasteiger partial charge in [0.2, 0.25) is 0 Å². The normalized spacial score (nSPS) is 15.3. The summed E-state index contributed by atoms with van der Waals surface area (Å²) in [7, 11) is -1.73. The Hall–Kier alpha value is -0.193. The van der Waals surface area contributed by atoms with Crippen LogP contribution in [0, 0.1) is 0 Å². The van der Waals surface area contributed by atoms with Crippen molar-refractivity contribution in [2.24, 2.45) is 0 Å². The third-order valence-electron chi connectivity index (χ3n) is 2.75.